The number of para-hydroxylation sites is 6. The topological polar surface area (TPSA) is 149 Å². The quantitative estimate of drug-likeness (QED) is 0.0605. The Morgan fingerprint density at radius 2 is 0.805 bits per heavy atom. The van der Waals surface area contributed by atoms with Crippen molar-refractivity contribution in [2.45, 2.75) is 0 Å². The third kappa shape index (κ3) is 8.19. The molecule has 1 aromatic heterocycles. The van der Waals surface area contributed by atoms with Crippen LogP contribution in [0, 0.1) is 64.2 Å². The van der Waals surface area contributed by atoms with Gasteiger partial charge in [-0.15, -0.1) is 0 Å². The third-order valence-electron chi connectivity index (χ3n) is 14.9. The summed E-state index contributed by atoms with van der Waals surface area (Å²) in [5.41, 5.74) is -9.74. The third-order valence-corrected chi connectivity index (χ3v) is 25.1. The zero-order chi connectivity index (χ0) is 60.8. The molecule has 0 radical (unpaired) electrons. The van der Waals surface area contributed by atoms with Crippen molar-refractivity contribution in [2.24, 2.45) is 41.8 Å². The predicted octanol–water partition coefficient (Wildman–Crippen LogP) is 15.4. The van der Waals surface area contributed by atoms with Gasteiger partial charge in [0.1, 0.15) is 0 Å². The van der Waals surface area contributed by atoms with Gasteiger partial charge < -0.3 is 0 Å². The molecule has 2 atom stereocenters. The summed E-state index contributed by atoms with van der Waals surface area (Å²) in [6.07, 6.45) is 0. The summed E-state index contributed by atoms with van der Waals surface area (Å²) in [6.45, 7) is 0. The number of halogens is 14. The van der Waals surface area contributed by atoms with Crippen LogP contribution in [0.3, 0.4) is 0 Å². The second-order valence-corrected chi connectivity index (χ2v) is 33.5. The van der Waals surface area contributed by atoms with Gasteiger partial charge in [0.15, 0.2) is 0 Å². The van der Waals surface area contributed by atoms with Crippen LogP contribution in [0.25, 0.3) is 10.8 Å². The SMILES string of the molecule is COc1ccccc1NC1=C(F)C2C3=NC4=NC(=Nc5c6c(F)c(F)c(Nc7ccccc7)c(F)c6c6[n]5[Sn]([Cl])([Cl])[N]3C(=NC3=NC(=N6)c5c(F)c(Nc6ccccc6OC)c(F)c(F)c53)C2C(F)=C1F)c1c(F)c(F)c(Nc2ccccc2)c(F)c14. The second-order valence-electron chi connectivity index (χ2n) is 19.7. The van der Waals surface area contributed by atoms with Crippen molar-refractivity contribution < 1.29 is 62.2 Å². The van der Waals surface area contributed by atoms with E-state index in [1.807, 2.05) is 0 Å². The predicted molar refractivity (Wildman–Crippen MR) is 306 cm³/mol. The molecule has 7 aromatic carbocycles. The fourth-order valence-electron chi connectivity index (χ4n) is 11.1. The number of methoxy groups -OCH3 is 2. The molecule has 1 fully saturated rings. The molecule has 2 unspecified atom stereocenters. The molecular formula is C58H30Cl2F12N12O2Sn. The Kier molecular flexibility index (Phi) is 13.1. The number of hydrogen-bond acceptors (Lipinski definition) is 13. The molecule has 6 bridgehead atoms. The number of anilines is 7. The molecule has 14 rings (SSSR count). The van der Waals surface area contributed by atoms with Gasteiger partial charge in [-0.3, -0.25) is 0 Å². The number of fused-ring (bicyclic) bond motifs is 14. The van der Waals surface area contributed by atoms with Gasteiger partial charge in [0.05, 0.1) is 0 Å². The summed E-state index contributed by atoms with van der Waals surface area (Å²) in [5, 5.41) is 7.33. The molecule has 29 heteroatoms. The Balaban J connectivity index is 1.15. The van der Waals surface area contributed by atoms with Gasteiger partial charge in [0.25, 0.3) is 0 Å². The van der Waals surface area contributed by atoms with Crippen molar-refractivity contribution in [3.8, 4) is 11.5 Å². The summed E-state index contributed by atoms with van der Waals surface area (Å²) in [6, 6.07) is 25.5. The van der Waals surface area contributed by atoms with E-state index in [0.717, 1.165) is 0 Å². The number of nitrogens with one attached hydrogen (secondary N) is 4. The van der Waals surface area contributed by atoms with E-state index in [4.69, 9.17) is 27.3 Å². The molecule has 6 heterocycles. The molecule has 87 heavy (non-hydrogen) atoms. The Bertz CT molecular complexity index is 4710. The van der Waals surface area contributed by atoms with E-state index < -0.39 is 201 Å². The van der Waals surface area contributed by atoms with Crippen LogP contribution in [0.4, 0.5) is 104 Å². The molecular weight excluding hydrogens is 1310 g/mol. The number of aliphatic imine (C=N–C) groups is 6. The summed E-state index contributed by atoms with van der Waals surface area (Å²) < 4.78 is 222. The van der Waals surface area contributed by atoms with E-state index in [-0.39, 0.29) is 34.2 Å². The van der Waals surface area contributed by atoms with Crippen LogP contribution in [0.2, 0.25) is 0 Å². The minimum atomic E-state index is -7.09. The van der Waals surface area contributed by atoms with E-state index in [1.165, 1.54) is 111 Å². The van der Waals surface area contributed by atoms with Gasteiger partial charge >= 0.3 is 496 Å². The Hall–Kier alpha value is -9.28. The molecule has 436 valence electrons. The zero-order valence-electron chi connectivity index (χ0n) is 43.7. The molecule has 1 saturated heterocycles. The number of ether oxygens (including phenoxy) is 2. The van der Waals surface area contributed by atoms with Gasteiger partial charge in [-0.25, -0.2) is 0 Å². The molecule has 5 aliphatic heterocycles. The number of rotatable bonds is 10. The molecule has 0 spiro atoms. The monoisotopic (exact) mass is 1340 g/mol. The second kappa shape index (κ2) is 20.4. The van der Waals surface area contributed by atoms with Crippen LogP contribution in [0.15, 0.2) is 162 Å². The van der Waals surface area contributed by atoms with Gasteiger partial charge in [-0.2, -0.15) is 0 Å². The van der Waals surface area contributed by atoms with E-state index >= 15 is 52.7 Å². The maximum atomic E-state index is 18.4. The first-order valence-corrected chi connectivity index (χ1v) is 35.4. The van der Waals surface area contributed by atoms with Crippen LogP contribution < -0.4 is 30.7 Å². The summed E-state index contributed by atoms with van der Waals surface area (Å²) in [5.74, 6) is -36.3. The number of nitrogens with zero attached hydrogens (tertiary/aromatic N) is 8. The fraction of sp³-hybridized carbons (Fsp3) is 0.0690. The van der Waals surface area contributed by atoms with E-state index in [1.54, 1.807) is 12.1 Å². The maximum absolute atomic E-state index is 18.4. The minimum absolute atomic E-state index is 0.00425. The number of amidine groups is 6. The standard InChI is InChI=1S/C58H30F12N12O2.2ClH.Sn/c1-83-25-19-11-9-17-23(25)73-49-41(65)33-29(37(61)45(49)69)53-76-54-30-34(42(66)50(46(70)38(30)62)74-24-18-10-12-20-26(24)84-2)58(80-54)82-56-32-28(36(60)44(68)48(40(32)64)72-22-15-7-4-8-16-22)52(78-56)75-51-27-31(55(77-51)81-57(33)79-53)39(63)47(43(67)35(27)59)71-21-13-5-3-6-14-21;;;/h3-20,29,33,71-74H,1-2H3;2*1H;/q-2;;;+4/p-2. The van der Waals surface area contributed by atoms with E-state index in [0.29, 0.717) is 5.91 Å². The van der Waals surface area contributed by atoms with E-state index in [2.05, 4.69) is 51.2 Å². The molecule has 14 nitrogen and oxygen atoms in total. The zero-order valence-corrected chi connectivity index (χ0v) is 48.1. The van der Waals surface area contributed by atoms with Crippen LogP contribution in [-0.2, 0) is 0 Å². The molecule has 0 saturated carbocycles. The summed E-state index contributed by atoms with van der Waals surface area (Å²) in [7, 11) is 18.0. The summed E-state index contributed by atoms with van der Waals surface area (Å²) in [4.78, 5) is 26.2. The first-order valence-electron chi connectivity index (χ1n) is 25.6. The fourth-order valence-corrected chi connectivity index (χ4v) is 21.2. The van der Waals surface area contributed by atoms with E-state index in [9.17, 15) is 0 Å². The normalized spacial score (nSPS) is 17.6. The molecule has 1 aliphatic carbocycles. The number of hydrogen-bond donors (Lipinski definition) is 4. The van der Waals surface area contributed by atoms with Crippen LogP contribution in [-0.4, -0.2) is 71.8 Å². The van der Waals surface area contributed by atoms with Crippen molar-refractivity contribution in [1.29, 1.82) is 0 Å². The molecule has 0 amide bonds. The van der Waals surface area contributed by atoms with Crippen molar-refractivity contribution in [2.75, 3.05) is 35.5 Å². The van der Waals surface area contributed by atoms with Crippen LogP contribution >= 0.6 is 17.8 Å². The molecule has 8 aromatic rings. The van der Waals surface area contributed by atoms with Gasteiger partial charge in [-0.1, -0.05) is 0 Å². The van der Waals surface area contributed by atoms with Gasteiger partial charge in [-0.05, 0) is 0 Å². The average molecular weight is 1340 g/mol. The number of allylic oxidation sites excluding steroid dienone is 1. The van der Waals surface area contributed by atoms with Crippen molar-refractivity contribution in [3.05, 3.63) is 207 Å². The van der Waals surface area contributed by atoms with Crippen LogP contribution in [0.5, 0.6) is 11.5 Å². The van der Waals surface area contributed by atoms with Gasteiger partial charge in [0.2, 0.25) is 0 Å². The Morgan fingerprint density at radius 1 is 0.414 bits per heavy atom. The van der Waals surface area contributed by atoms with Crippen molar-refractivity contribution >= 4 is 132 Å². The van der Waals surface area contributed by atoms with Crippen molar-refractivity contribution in [1.82, 2.24) is 5.91 Å². The van der Waals surface area contributed by atoms with Crippen LogP contribution in [0.1, 0.15) is 22.3 Å². The number of aromatic nitrogens is 1. The molecule has 4 N–H and O–H groups in total. The van der Waals surface area contributed by atoms with Gasteiger partial charge in [0, 0.05) is 0 Å². The Labute approximate surface area is 492 Å². The van der Waals surface area contributed by atoms with Crippen molar-refractivity contribution in [3.63, 3.8) is 0 Å². The first-order chi connectivity index (χ1) is 41.8. The summed E-state index contributed by atoms with van der Waals surface area (Å²) >= 11 is -7.09. The molecule has 6 aliphatic rings. The Morgan fingerprint density at radius 3 is 1.30 bits per heavy atom. The first kappa shape index (κ1) is 55.6. The average Bonchev–Trinajstić information content (AvgIpc) is 1.54. The number of benzene rings is 7.